The van der Waals surface area contributed by atoms with Crippen LogP contribution < -0.4 is 0 Å². The van der Waals surface area contributed by atoms with Crippen LogP contribution >= 0.6 is 0 Å². The van der Waals surface area contributed by atoms with Crippen molar-refractivity contribution in [3.63, 3.8) is 0 Å². The third-order valence-corrected chi connectivity index (χ3v) is 4.92. The maximum atomic E-state index is 13.6. The topological polar surface area (TPSA) is 9.23 Å². The van der Waals surface area contributed by atoms with Crippen LogP contribution in [-0.2, 0) is 17.6 Å². The van der Waals surface area contributed by atoms with Crippen LogP contribution in [-0.4, -0.2) is 13.2 Å². The van der Waals surface area contributed by atoms with E-state index in [0.29, 0.717) is 12.0 Å². The molecule has 0 aliphatic heterocycles. The predicted molar refractivity (Wildman–Crippen MR) is 118 cm³/mol. The van der Waals surface area contributed by atoms with Crippen LogP contribution in [0, 0.1) is 23.5 Å². The fourth-order valence-electron chi connectivity index (χ4n) is 3.26. The molecule has 0 aromatic heterocycles. The van der Waals surface area contributed by atoms with E-state index in [4.69, 9.17) is 4.74 Å². The number of hydrogen-bond donors (Lipinski definition) is 0. The van der Waals surface area contributed by atoms with Crippen LogP contribution in [0.5, 0.6) is 0 Å². The highest BCUT2D eigenvalue weighted by Crippen LogP contribution is 2.21. The zero-order valence-corrected chi connectivity index (χ0v) is 17.5. The number of halogens is 2. The molecule has 0 bridgehead atoms. The van der Waals surface area contributed by atoms with Crippen LogP contribution in [0.1, 0.15) is 42.5 Å². The van der Waals surface area contributed by atoms with Gasteiger partial charge in [0.05, 0.1) is 6.61 Å². The first-order valence-electron chi connectivity index (χ1n) is 10.4. The number of rotatable bonds is 7. The SMILES string of the molecule is CCCc1cc(F)c(F)cc1C#Cc1ccc(-c2ccc(CCOCC)cc2)cc1. The molecular weight excluding hydrogens is 378 g/mol. The van der Waals surface area contributed by atoms with Crippen LogP contribution in [0.25, 0.3) is 11.1 Å². The largest absolute Gasteiger partial charge is 0.381 e. The molecule has 1 nitrogen and oxygen atoms in total. The highest BCUT2D eigenvalue weighted by molar-refractivity contribution is 5.65. The van der Waals surface area contributed by atoms with Gasteiger partial charge in [-0.3, -0.25) is 0 Å². The Morgan fingerprint density at radius 3 is 2.03 bits per heavy atom. The van der Waals surface area contributed by atoms with E-state index in [-0.39, 0.29) is 0 Å². The molecule has 3 rings (SSSR count). The number of ether oxygens (including phenoxy) is 1. The minimum absolute atomic E-state index is 0.544. The Morgan fingerprint density at radius 2 is 1.40 bits per heavy atom. The van der Waals surface area contributed by atoms with Gasteiger partial charge in [-0.1, -0.05) is 61.6 Å². The fraction of sp³-hybridized carbons (Fsp3) is 0.259. The molecule has 3 aromatic rings. The Hall–Kier alpha value is -2.96. The summed E-state index contributed by atoms with van der Waals surface area (Å²) >= 11 is 0. The van der Waals surface area contributed by atoms with E-state index in [1.165, 1.54) is 17.7 Å². The molecule has 0 spiro atoms. The van der Waals surface area contributed by atoms with Gasteiger partial charge >= 0.3 is 0 Å². The molecule has 3 aromatic carbocycles. The van der Waals surface area contributed by atoms with Crippen molar-refractivity contribution in [2.45, 2.75) is 33.1 Å². The predicted octanol–water partition coefficient (Wildman–Crippen LogP) is 6.56. The van der Waals surface area contributed by atoms with Gasteiger partial charge in [-0.2, -0.15) is 0 Å². The normalized spacial score (nSPS) is 10.5. The lowest BCUT2D eigenvalue weighted by atomic mass is 10.0. The quantitative estimate of drug-likeness (QED) is 0.320. The fourth-order valence-corrected chi connectivity index (χ4v) is 3.26. The van der Waals surface area contributed by atoms with E-state index in [2.05, 4.69) is 36.1 Å². The van der Waals surface area contributed by atoms with E-state index < -0.39 is 11.6 Å². The molecule has 0 N–H and O–H groups in total. The molecule has 0 radical (unpaired) electrons. The summed E-state index contributed by atoms with van der Waals surface area (Å²) in [6.45, 7) is 5.48. The summed E-state index contributed by atoms with van der Waals surface area (Å²) in [4.78, 5) is 0. The van der Waals surface area contributed by atoms with E-state index in [9.17, 15) is 8.78 Å². The summed E-state index contributed by atoms with van der Waals surface area (Å²) in [6, 6.07) is 18.9. The zero-order valence-electron chi connectivity index (χ0n) is 17.5. The first-order chi connectivity index (χ1) is 14.6. The Labute approximate surface area is 177 Å². The minimum Gasteiger partial charge on any atom is -0.381 e. The lowest BCUT2D eigenvalue weighted by Crippen LogP contribution is -1.97. The summed E-state index contributed by atoms with van der Waals surface area (Å²) in [6.07, 6.45) is 2.42. The van der Waals surface area contributed by atoms with Crippen molar-refractivity contribution in [3.8, 4) is 23.0 Å². The molecule has 0 unspecified atom stereocenters. The summed E-state index contributed by atoms with van der Waals surface area (Å²) in [5, 5.41) is 0. The van der Waals surface area contributed by atoms with Gasteiger partial charge in [-0.15, -0.1) is 0 Å². The van der Waals surface area contributed by atoms with Crippen molar-refractivity contribution in [1.82, 2.24) is 0 Å². The molecule has 0 fully saturated rings. The average Bonchev–Trinajstić information content (AvgIpc) is 2.76. The smallest absolute Gasteiger partial charge is 0.160 e. The maximum Gasteiger partial charge on any atom is 0.160 e. The molecule has 0 atom stereocenters. The third-order valence-electron chi connectivity index (χ3n) is 4.92. The van der Waals surface area contributed by atoms with Crippen LogP contribution in [0.4, 0.5) is 8.78 Å². The number of benzene rings is 3. The monoisotopic (exact) mass is 404 g/mol. The highest BCUT2D eigenvalue weighted by atomic mass is 19.2. The molecule has 0 saturated heterocycles. The lowest BCUT2D eigenvalue weighted by Gasteiger charge is -2.05. The molecule has 30 heavy (non-hydrogen) atoms. The Kier molecular flexibility index (Phi) is 7.76. The summed E-state index contributed by atoms with van der Waals surface area (Å²) in [5.74, 6) is 4.39. The van der Waals surface area contributed by atoms with E-state index in [1.54, 1.807) is 0 Å². The first-order valence-corrected chi connectivity index (χ1v) is 10.4. The van der Waals surface area contributed by atoms with Crippen LogP contribution in [0.15, 0.2) is 60.7 Å². The second-order valence-electron chi connectivity index (χ2n) is 7.14. The van der Waals surface area contributed by atoms with Crippen molar-refractivity contribution >= 4 is 0 Å². The Morgan fingerprint density at radius 1 is 0.767 bits per heavy atom. The third kappa shape index (κ3) is 5.78. The van der Waals surface area contributed by atoms with Gasteiger partial charge in [0.1, 0.15) is 0 Å². The molecule has 0 heterocycles. The average molecular weight is 405 g/mol. The second-order valence-corrected chi connectivity index (χ2v) is 7.14. The molecule has 3 heteroatoms. The van der Waals surface area contributed by atoms with Gasteiger partial charge in [0.25, 0.3) is 0 Å². The molecule has 0 aliphatic rings. The molecule has 0 saturated carbocycles. The number of hydrogen-bond acceptors (Lipinski definition) is 1. The van der Waals surface area contributed by atoms with Crippen LogP contribution in [0.3, 0.4) is 0 Å². The zero-order chi connectivity index (χ0) is 21.3. The summed E-state index contributed by atoms with van der Waals surface area (Å²) in [7, 11) is 0. The summed E-state index contributed by atoms with van der Waals surface area (Å²) in [5.41, 5.74) is 5.62. The molecule has 0 amide bonds. The minimum atomic E-state index is -0.862. The standard InChI is InChI=1S/C27H26F2O/c1-3-5-24-18-26(28)27(29)19-25(24)15-10-20-6-11-22(12-7-20)23-13-8-21(9-14-23)16-17-30-4-2/h6-9,11-14,18-19H,3-5,16-17H2,1-2H3. The van der Waals surface area contributed by atoms with Crippen molar-refractivity contribution < 1.29 is 13.5 Å². The van der Waals surface area contributed by atoms with Gasteiger partial charge in [-0.05, 0) is 66.3 Å². The van der Waals surface area contributed by atoms with Crippen LogP contribution in [0.2, 0.25) is 0 Å². The van der Waals surface area contributed by atoms with Crippen molar-refractivity contribution in [2.75, 3.05) is 13.2 Å². The number of aryl methyl sites for hydroxylation is 1. The van der Waals surface area contributed by atoms with Crippen molar-refractivity contribution in [1.29, 1.82) is 0 Å². The Bertz CT molecular complexity index is 1030. The first kappa shape index (κ1) is 21.7. The maximum absolute atomic E-state index is 13.6. The van der Waals surface area contributed by atoms with E-state index in [0.717, 1.165) is 48.3 Å². The van der Waals surface area contributed by atoms with E-state index >= 15 is 0 Å². The lowest BCUT2D eigenvalue weighted by molar-refractivity contribution is 0.151. The van der Waals surface area contributed by atoms with E-state index in [1.807, 2.05) is 38.1 Å². The molecule has 0 aliphatic carbocycles. The summed E-state index contributed by atoms with van der Waals surface area (Å²) < 4.78 is 32.6. The van der Waals surface area contributed by atoms with Crippen molar-refractivity contribution in [2.24, 2.45) is 0 Å². The molecular formula is C27H26F2O. The van der Waals surface area contributed by atoms with Gasteiger partial charge in [0.15, 0.2) is 11.6 Å². The highest BCUT2D eigenvalue weighted by Gasteiger charge is 2.08. The Balaban J connectivity index is 1.74. The van der Waals surface area contributed by atoms with Gasteiger partial charge in [0, 0.05) is 17.7 Å². The van der Waals surface area contributed by atoms with Crippen molar-refractivity contribution in [3.05, 3.63) is 94.6 Å². The second kappa shape index (κ2) is 10.7. The van der Waals surface area contributed by atoms with Gasteiger partial charge in [-0.25, -0.2) is 8.78 Å². The molecule has 154 valence electrons. The van der Waals surface area contributed by atoms with Gasteiger partial charge < -0.3 is 4.74 Å². The van der Waals surface area contributed by atoms with Gasteiger partial charge in [0.2, 0.25) is 0 Å².